The molecule has 5 rings (SSSR count). The van der Waals surface area contributed by atoms with Crippen LogP contribution < -0.4 is 10.6 Å². The van der Waals surface area contributed by atoms with Gasteiger partial charge in [0.2, 0.25) is 0 Å². The van der Waals surface area contributed by atoms with Crippen LogP contribution >= 0.6 is 0 Å². The summed E-state index contributed by atoms with van der Waals surface area (Å²) in [5.74, 6) is 6.36. The van der Waals surface area contributed by atoms with Crippen molar-refractivity contribution in [2.45, 2.75) is 31.8 Å². The normalized spacial score (nSPS) is 21.2. The van der Waals surface area contributed by atoms with Crippen LogP contribution in [-0.4, -0.2) is 34.4 Å². The Balaban J connectivity index is 1.71. The van der Waals surface area contributed by atoms with Gasteiger partial charge in [-0.25, -0.2) is 15.9 Å². The number of nitrogens with two attached hydrogens (primary N) is 1. The molecule has 4 unspecified atom stereocenters. The summed E-state index contributed by atoms with van der Waals surface area (Å²) < 4.78 is 5.82. The summed E-state index contributed by atoms with van der Waals surface area (Å²) in [5.41, 5.74) is 5.64. The predicted molar refractivity (Wildman–Crippen MR) is 131 cm³/mol. The number of aromatic amines is 1. The molecule has 0 saturated heterocycles. The highest BCUT2D eigenvalue weighted by molar-refractivity contribution is 6.08. The van der Waals surface area contributed by atoms with Gasteiger partial charge in [0.25, 0.3) is 0 Å². The van der Waals surface area contributed by atoms with E-state index in [1.165, 1.54) is 0 Å². The van der Waals surface area contributed by atoms with Gasteiger partial charge < -0.3 is 14.6 Å². The summed E-state index contributed by atoms with van der Waals surface area (Å²) in [7, 11) is 1.67. The van der Waals surface area contributed by atoms with Crippen molar-refractivity contribution in [1.29, 1.82) is 0 Å². The zero-order chi connectivity index (χ0) is 23.1. The number of rotatable bonds is 6. The highest BCUT2D eigenvalue weighted by Gasteiger charge is 2.30. The number of H-pyrrole nitrogens is 1. The fraction of sp³-hybridized carbons (Fsp3) is 0.269. The number of methoxy groups -OCH3 is 1. The first-order valence-electron chi connectivity index (χ1n) is 11.0. The third-order valence-corrected chi connectivity index (χ3v) is 6.58. The average molecular weight is 442 g/mol. The predicted octanol–water partition coefficient (Wildman–Crippen LogP) is 4.85. The molecular weight excluding hydrogens is 414 g/mol. The lowest BCUT2D eigenvalue weighted by Gasteiger charge is -2.26. The molecule has 0 bridgehead atoms. The van der Waals surface area contributed by atoms with E-state index in [4.69, 9.17) is 20.5 Å². The number of hydrogen-bond acceptors (Lipinski definition) is 6. The first-order chi connectivity index (χ1) is 16.0. The lowest BCUT2D eigenvalue weighted by molar-refractivity contribution is 0.0541. The number of ether oxygens (including phenoxy) is 1. The van der Waals surface area contributed by atoms with Crippen LogP contribution in [0.1, 0.15) is 36.9 Å². The molecule has 2 aliphatic rings. The lowest BCUT2D eigenvalue weighted by atomic mass is 9.81. The van der Waals surface area contributed by atoms with Crippen molar-refractivity contribution in [1.82, 2.24) is 15.0 Å². The number of fused-ring (bicyclic) bond motifs is 4. The molecule has 7 heteroatoms. The summed E-state index contributed by atoms with van der Waals surface area (Å²) in [6, 6.07) is 4.13. The highest BCUT2D eigenvalue weighted by atomic mass is 16.6. The molecular formula is C26H27N5O2. The van der Waals surface area contributed by atoms with Gasteiger partial charge in [0.05, 0.1) is 18.9 Å². The summed E-state index contributed by atoms with van der Waals surface area (Å²) in [6.07, 6.45) is 13.7. The number of aromatic nitrogens is 3. The van der Waals surface area contributed by atoms with Crippen molar-refractivity contribution in [2.75, 3.05) is 7.11 Å². The smallest absolute Gasteiger partial charge is 0.142 e. The molecule has 0 radical (unpaired) electrons. The van der Waals surface area contributed by atoms with Gasteiger partial charge in [-0.2, -0.15) is 0 Å². The molecule has 3 aromatic rings. The van der Waals surface area contributed by atoms with Crippen LogP contribution in [0.5, 0.6) is 5.75 Å². The topological polar surface area (TPSA) is 98.4 Å². The molecule has 33 heavy (non-hydrogen) atoms. The van der Waals surface area contributed by atoms with Crippen LogP contribution in [0.4, 0.5) is 0 Å². The summed E-state index contributed by atoms with van der Waals surface area (Å²) in [5, 5.41) is 2.00. The Hall–Kier alpha value is -3.55. The van der Waals surface area contributed by atoms with Crippen molar-refractivity contribution >= 4 is 28.2 Å². The number of nitrogens with zero attached hydrogens (tertiary/aromatic N) is 3. The highest BCUT2D eigenvalue weighted by Crippen LogP contribution is 2.43. The van der Waals surface area contributed by atoms with Gasteiger partial charge in [-0.15, -0.1) is 0 Å². The van der Waals surface area contributed by atoms with Gasteiger partial charge in [-0.3, -0.25) is 4.99 Å². The first kappa shape index (κ1) is 21.3. The van der Waals surface area contributed by atoms with E-state index in [1.54, 1.807) is 13.4 Å². The van der Waals surface area contributed by atoms with Crippen molar-refractivity contribution in [3.8, 4) is 5.75 Å². The van der Waals surface area contributed by atoms with Gasteiger partial charge >= 0.3 is 0 Å². The largest absolute Gasteiger partial charge is 0.496 e. The Bertz CT molecular complexity index is 1360. The maximum absolute atomic E-state index is 5.82. The maximum Gasteiger partial charge on any atom is 0.142 e. The van der Waals surface area contributed by atoms with Crippen LogP contribution in [0.25, 0.3) is 21.9 Å². The second kappa shape index (κ2) is 8.42. The van der Waals surface area contributed by atoms with Crippen molar-refractivity contribution in [3.63, 3.8) is 0 Å². The minimum absolute atomic E-state index is 0.0581. The fourth-order valence-electron chi connectivity index (χ4n) is 5.06. The molecule has 4 atom stereocenters. The number of dihydropyridines is 1. The standard InChI is InChI=1S/C26H27N5O2/c1-14(2)23(15(3)33-27)19-11-21-18(12-22(19)32-4)24-25(29-13-30-26(24)31-21)17-7-5-9-20-16(17)8-6-10-28-20/h5-13,15-17,23H,1,27H2,2-4H3,(H,29,30,31). The number of benzene rings is 1. The van der Waals surface area contributed by atoms with E-state index in [-0.39, 0.29) is 23.9 Å². The van der Waals surface area contributed by atoms with E-state index in [1.807, 2.05) is 32.2 Å². The van der Waals surface area contributed by atoms with E-state index in [0.29, 0.717) is 0 Å². The fourth-order valence-corrected chi connectivity index (χ4v) is 5.06. The Morgan fingerprint density at radius 2 is 2.00 bits per heavy atom. The summed E-state index contributed by atoms with van der Waals surface area (Å²) in [4.78, 5) is 22.5. The van der Waals surface area contributed by atoms with E-state index in [9.17, 15) is 0 Å². The molecule has 3 heterocycles. The maximum atomic E-state index is 5.82. The van der Waals surface area contributed by atoms with E-state index in [0.717, 1.165) is 50.2 Å². The molecule has 0 amide bonds. The molecule has 3 N–H and O–H groups in total. The van der Waals surface area contributed by atoms with E-state index >= 15 is 0 Å². The molecule has 2 aromatic heterocycles. The van der Waals surface area contributed by atoms with Gasteiger partial charge in [0.1, 0.15) is 17.7 Å². The Kier molecular flexibility index (Phi) is 5.44. The number of hydrogen-bond donors (Lipinski definition) is 2. The molecule has 1 aliphatic carbocycles. The van der Waals surface area contributed by atoms with Crippen LogP contribution in [-0.2, 0) is 4.84 Å². The molecule has 0 saturated carbocycles. The third kappa shape index (κ3) is 3.50. The van der Waals surface area contributed by atoms with E-state index in [2.05, 4.69) is 51.9 Å². The first-order valence-corrected chi connectivity index (χ1v) is 11.0. The van der Waals surface area contributed by atoms with Crippen LogP contribution in [0, 0.1) is 5.92 Å². The quantitative estimate of drug-likeness (QED) is 0.421. The van der Waals surface area contributed by atoms with Crippen molar-refractivity contribution < 1.29 is 9.57 Å². The molecule has 1 aliphatic heterocycles. The molecule has 0 fully saturated rings. The monoisotopic (exact) mass is 441 g/mol. The van der Waals surface area contributed by atoms with Crippen molar-refractivity contribution in [3.05, 3.63) is 77.9 Å². The molecule has 1 aromatic carbocycles. The molecule has 0 spiro atoms. The zero-order valence-corrected chi connectivity index (χ0v) is 18.9. The number of aliphatic imine (C=N–C) groups is 1. The third-order valence-electron chi connectivity index (χ3n) is 6.58. The molecule has 7 nitrogen and oxygen atoms in total. The van der Waals surface area contributed by atoms with Gasteiger partial charge in [0.15, 0.2) is 0 Å². The summed E-state index contributed by atoms with van der Waals surface area (Å²) in [6.45, 7) is 8.06. The van der Waals surface area contributed by atoms with Crippen LogP contribution in [0.15, 0.2) is 71.7 Å². The van der Waals surface area contributed by atoms with Gasteiger partial charge in [-0.1, -0.05) is 30.4 Å². The molecule has 168 valence electrons. The Morgan fingerprint density at radius 1 is 1.18 bits per heavy atom. The van der Waals surface area contributed by atoms with E-state index < -0.39 is 0 Å². The minimum Gasteiger partial charge on any atom is -0.496 e. The summed E-state index contributed by atoms with van der Waals surface area (Å²) >= 11 is 0. The second-order valence-electron chi connectivity index (χ2n) is 8.60. The van der Waals surface area contributed by atoms with Crippen LogP contribution in [0.2, 0.25) is 0 Å². The van der Waals surface area contributed by atoms with Crippen molar-refractivity contribution in [2.24, 2.45) is 16.8 Å². The van der Waals surface area contributed by atoms with Crippen LogP contribution in [0.3, 0.4) is 0 Å². The number of allylic oxidation sites excluding steroid dienone is 5. The minimum atomic E-state index is -0.259. The number of nitrogens with one attached hydrogen (secondary N) is 1. The zero-order valence-electron chi connectivity index (χ0n) is 18.9. The SMILES string of the molecule is C=C(C)C(c1cc2[nH]c3ncnc(C4C=CC=C5N=CC=CC54)c3c2cc1OC)C(C)ON. The Labute approximate surface area is 192 Å². The lowest BCUT2D eigenvalue weighted by Crippen LogP contribution is -2.23. The van der Waals surface area contributed by atoms with Gasteiger partial charge in [0, 0.05) is 51.5 Å². The average Bonchev–Trinajstić information content (AvgIpc) is 3.20. The second-order valence-corrected chi connectivity index (χ2v) is 8.60. The Morgan fingerprint density at radius 3 is 2.76 bits per heavy atom. The van der Waals surface area contributed by atoms with Gasteiger partial charge in [-0.05, 0) is 38.1 Å².